The van der Waals surface area contributed by atoms with Crippen molar-refractivity contribution in [2.24, 2.45) is 0 Å². The molecule has 4 rings (SSSR count). The number of nitrogens with zero attached hydrogens (tertiary/aromatic N) is 1. The van der Waals surface area contributed by atoms with Crippen LogP contribution in [0, 0.1) is 6.92 Å². The van der Waals surface area contributed by atoms with Crippen molar-refractivity contribution in [1.82, 2.24) is 4.98 Å². The summed E-state index contributed by atoms with van der Waals surface area (Å²) in [5.74, 6) is 0.699. The number of oxazole rings is 1. The molecule has 20 heavy (non-hydrogen) atoms. The number of fused-ring (bicyclic) bond motifs is 2. The summed E-state index contributed by atoms with van der Waals surface area (Å²) < 4.78 is 6.38. The summed E-state index contributed by atoms with van der Waals surface area (Å²) in [6, 6.07) is 8.48. The maximum atomic E-state index is 6.10. The van der Waals surface area contributed by atoms with Gasteiger partial charge < -0.3 is 9.73 Å². The zero-order valence-corrected chi connectivity index (χ0v) is 12.5. The molecule has 1 aliphatic carbocycles. The summed E-state index contributed by atoms with van der Waals surface area (Å²) in [6.45, 7) is 1.86. The van der Waals surface area contributed by atoms with Gasteiger partial charge in [0, 0.05) is 17.5 Å². The number of aromatic nitrogens is 1. The van der Waals surface area contributed by atoms with Gasteiger partial charge in [-0.15, -0.1) is 11.3 Å². The largest absolute Gasteiger partial charge is 0.441 e. The quantitative estimate of drug-likeness (QED) is 0.728. The van der Waals surface area contributed by atoms with Gasteiger partial charge >= 0.3 is 0 Å². The molecular weight excluding hydrogens is 292 g/mol. The van der Waals surface area contributed by atoms with Gasteiger partial charge in [-0.2, -0.15) is 0 Å². The van der Waals surface area contributed by atoms with E-state index in [0.717, 1.165) is 34.0 Å². The van der Waals surface area contributed by atoms with Crippen LogP contribution in [0.4, 0.5) is 5.69 Å². The van der Waals surface area contributed by atoms with Gasteiger partial charge in [-0.25, -0.2) is 4.98 Å². The molecule has 0 saturated heterocycles. The molecular formula is C15H13ClN2OS. The van der Waals surface area contributed by atoms with E-state index in [2.05, 4.69) is 16.4 Å². The molecule has 0 radical (unpaired) electrons. The molecule has 1 N–H and O–H groups in total. The summed E-state index contributed by atoms with van der Waals surface area (Å²) in [5.41, 5.74) is 4.15. The standard InChI is InChI=1S/C15H13ClN2OS/c1-8-17-12-6-9(2-4-13(12)19-8)18-11-3-5-14-10(11)7-15(16)20-14/h2,4,6-7,11,18H,3,5H2,1H3. The molecule has 3 nitrogen and oxygen atoms in total. The lowest BCUT2D eigenvalue weighted by Gasteiger charge is -2.14. The molecule has 2 aromatic heterocycles. The topological polar surface area (TPSA) is 38.1 Å². The molecule has 1 unspecified atom stereocenters. The second kappa shape index (κ2) is 4.50. The Morgan fingerprint density at radius 3 is 3.20 bits per heavy atom. The van der Waals surface area contributed by atoms with Gasteiger partial charge in [0.15, 0.2) is 11.5 Å². The van der Waals surface area contributed by atoms with Crippen molar-refractivity contribution in [3.05, 3.63) is 44.9 Å². The Kier molecular flexibility index (Phi) is 2.75. The van der Waals surface area contributed by atoms with Crippen LogP contribution in [-0.4, -0.2) is 4.98 Å². The average Bonchev–Trinajstić information content (AvgIpc) is 3.04. The molecule has 102 valence electrons. The van der Waals surface area contributed by atoms with E-state index in [1.54, 1.807) is 11.3 Å². The first-order valence-electron chi connectivity index (χ1n) is 6.61. The van der Waals surface area contributed by atoms with Gasteiger partial charge in [-0.1, -0.05) is 11.6 Å². The highest BCUT2D eigenvalue weighted by atomic mass is 35.5. The van der Waals surface area contributed by atoms with E-state index in [1.807, 2.05) is 25.1 Å². The van der Waals surface area contributed by atoms with E-state index in [-0.39, 0.29) is 0 Å². The van der Waals surface area contributed by atoms with Crippen molar-refractivity contribution < 1.29 is 4.42 Å². The number of thiophene rings is 1. The van der Waals surface area contributed by atoms with Crippen molar-refractivity contribution in [3.63, 3.8) is 0 Å². The highest BCUT2D eigenvalue weighted by molar-refractivity contribution is 7.16. The van der Waals surface area contributed by atoms with Crippen molar-refractivity contribution in [1.29, 1.82) is 0 Å². The number of aryl methyl sites for hydroxylation is 2. The van der Waals surface area contributed by atoms with Crippen LogP contribution in [0.2, 0.25) is 4.34 Å². The minimum absolute atomic E-state index is 0.346. The minimum Gasteiger partial charge on any atom is -0.441 e. The number of halogens is 1. The van der Waals surface area contributed by atoms with Crippen LogP contribution < -0.4 is 5.32 Å². The van der Waals surface area contributed by atoms with Crippen molar-refractivity contribution in [3.8, 4) is 0 Å². The Hall–Kier alpha value is -1.52. The summed E-state index contributed by atoms with van der Waals surface area (Å²) in [6.07, 6.45) is 2.23. The van der Waals surface area contributed by atoms with Gasteiger partial charge in [0.2, 0.25) is 0 Å². The molecule has 0 saturated carbocycles. The fourth-order valence-corrected chi connectivity index (χ4v) is 4.17. The van der Waals surface area contributed by atoms with Crippen LogP contribution in [0.1, 0.15) is 28.8 Å². The smallest absolute Gasteiger partial charge is 0.192 e. The number of hydrogen-bond donors (Lipinski definition) is 1. The highest BCUT2D eigenvalue weighted by Gasteiger charge is 2.25. The zero-order chi connectivity index (χ0) is 13.7. The number of anilines is 1. The molecule has 0 aliphatic heterocycles. The minimum atomic E-state index is 0.346. The van der Waals surface area contributed by atoms with Crippen LogP contribution in [0.3, 0.4) is 0 Å². The summed E-state index contributed by atoms with van der Waals surface area (Å²) >= 11 is 7.79. The molecule has 1 aliphatic rings. The number of hydrogen-bond acceptors (Lipinski definition) is 4. The number of benzene rings is 1. The first kappa shape index (κ1) is 12.2. The van der Waals surface area contributed by atoms with Crippen molar-refractivity contribution >= 4 is 39.7 Å². The van der Waals surface area contributed by atoms with Crippen LogP contribution in [-0.2, 0) is 6.42 Å². The normalized spacial score (nSPS) is 17.6. The van der Waals surface area contributed by atoms with Gasteiger partial charge in [0.05, 0.1) is 10.4 Å². The molecule has 1 aromatic carbocycles. The van der Waals surface area contributed by atoms with E-state index in [0.29, 0.717) is 11.9 Å². The van der Waals surface area contributed by atoms with Gasteiger partial charge in [-0.3, -0.25) is 0 Å². The second-order valence-electron chi connectivity index (χ2n) is 5.08. The average molecular weight is 305 g/mol. The Labute approximate surface area is 125 Å². The van der Waals surface area contributed by atoms with Crippen molar-refractivity contribution in [2.75, 3.05) is 5.32 Å². The summed E-state index contributed by atoms with van der Waals surface area (Å²) in [5, 5.41) is 3.58. The summed E-state index contributed by atoms with van der Waals surface area (Å²) in [7, 11) is 0. The third-order valence-corrected chi connectivity index (χ3v) is 5.02. The molecule has 0 bridgehead atoms. The van der Waals surface area contributed by atoms with Crippen LogP contribution >= 0.6 is 22.9 Å². The monoisotopic (exact) mass is 304 g/mol. The Balaban J connectivity index is 1.64. The zero-order valence-electron chi connectivity index (χ0n) is 10.9. The van der Waals surface area contributed by atoms with Crippen molar-refractivity contribution in [2.45, 2.75) is 25.8 Å². The Morgan fingerprint density at radius 1 is 1.40 bits per heavy atom. The van der Waals surface area contributed by atoms with Crippen LogP contribution in [0.25, 0.3) is 11.1 Å². The Morgan fingerprint density at radius 2 is 2.30 bits per heavy atom. The third kappa shape index (κ3) is 2.00. The molecule has 1 atom stereocenters. The maximum Gasteiger partial charge on any atom is 0.192 e. The molecule has 0 spiro atoms. The van der Waals surface area contributed by atoms with E-state index in [1.165, 1.54) is 10.4 Å². The second-order valence-corrected chi connectivity index (χ2v) is 6.85. The molecule has 2 heterocycles. The lowest BCUT2D eigenvalue weighted by molar-refractivity contribution is 0.561. The Bertz CT molecular complexity index is 792. The van der Waals surface area contributed by atoms with Gasteiger partial charge in [0.1, 0.15) is 5.52 Å². The predicted molar refractivity (Wildman–Crippen MR) is 82.8 cm³/mol. The third-order valence-electron chi connectivity index (χ3n) is 3.68. The molecule has 0 amide bonds. The van der Waals surface area contributed by atoms with E-state index >= 15 is 0 Å². The molecule has 0 fully saturated rings. The lowest BCUT2D eigenvalue weighted by atomic mass is 10.1. The number of rotatable bonds is 2. The molecule has 3 aromatic rings. The first-order chi connectivity index (χ1) is 9.69. The molecule has 5 heteroatoms. The maximum absolute atomic E-state index is 6.10. The fraction of sp³-hybridized carbons (Fsp3) is 0.267. The summed E-state index contributed by atoms with van der Waals surface area (Å²) in [4.78, 5) is 5.78. The van der Waals surface area contributed by atoms with Crippen LogP contribution in [0.15, 0.2) is 28.7 Å². The lowest BCUT2D eigenvalue weighted by Crippen LogP contribution is -2.06. The predicted octanol–water partition coefficient (Wildman–Crippen LogP) is 4.95. The SMILES string of the molecule is Cc1nc2cc(NC3CCc4sc(Cl)cc43)ccc2o1. The van der Waals surface area contributed by atoms with Gasteiger partial charge in [0.25, 0.3) is 0 Å². The highest BCUT2D eigenvalue weighted by Crippen LogP contribution is 2.41. The van der Waals surface area contributed by atoms with E-state index in [9.17, 15) is 0 Å². The fourth-order valence-electron chi connectivity index (χ4n) is 2.81. The van der Waals surface area contributed by atoms with Gasteiger partial charge in [-0.05, 0) is 42.7 Å². The van der Waals surface area contributed by atoms with Crippen LogP contribution in [0.5, 0.6) is 0 Å². The number of nitrogens with one attached hydrogen (secondary N) is 1. The van der Waals surface area contributed by atoms with E-state index in [4.69, 9.17) is 16.0 Å². The van der Waals surface area contributed by atoms with E-state index < -0.39 is 0 Å². The first-order valence-corrected chi connectivity index (χ1v) is 7.80.